The highest BCUT2D eigenvalue weighted by atomic mass is 35.5. The second-order valence-electron chi connectivity index (χ2n) is 18.3. The molecule has 2 amide bonds. The third-order valence-corrected chi connectivity index (χ3v) is 13.8. The Labute approximate surface area is 404 Å². The molecule has 0 aromatic heterocycles. The van der Waals surface area contributed by atoms with E-state index in [-0.39, 0.29) is 65.2 Å². The maximum absolute atomic E-state index is 13.6. The van der Waals surface area contributed by atoms with Crippen molar-refractivity contribution in [1.82, 2.24) is 9.80 Å². The number of anilines is 2. The molecule has 4 aromatic rings. The normalized spacial score (nSPS) is 15.2. The average molecular weight is 958 g/mol. The Morgan fingerprint density at radius 1 is 0.632 bits per heavy atom. The van der Waals surface area contributed by atoms with Crippen molar-refractivity contribution >= 4 is 46.2 Å². The van der Waals surface area contributed by atoms with Crippen molar-refractivity contribution in [2.75, 3.05) is 24.7 Å². The summed E-state index contributed by atoms with van der Waals surface area (Å²) in [7, 11) is 3.75. The SMILES string of the molecule is CN(C(=O)CCC(CCCCCCC(CCC(=O)N(C)C1CCCCC1)Nc1cc(Oc2ccccc2Cl)ccc1[N+](=O)[O-])Nc1cc(Oc2ccc(F)cc2)ccc1[N+](=O)[O-])C1CCCCC1. The van der Waals surface area contributed by atoms with Crippen LogP contribution in [0.5, 0.6) is 23.0 Å². The quantitative estimate of drug-likeness (QED) is 0.0370. The Kier molecular flexibility index (Phi) is 19.6. The standard InChI is InChI=1S/C52H66ClFN6O8/c1-57(40-17-9-5-10-18-40)51(61)33-25-38(55-46-35-43(29-31-48(46)59(63)64)67-42-27-23-37(54)24-28-42)15-7-3-4-8-16-39(26-34-52(62)58(2)41-19-11-6-12-20-41)56-47-36-44(30-32-49(47)60(65)66)68-50-22-14-13-21-45(50)53/h13-14,21-24,27-32,35-36,38-41,55-56H,3-12,15-20,25-26,33-34H2,1-2H3. The number of hydrogen-bond donors (Lipinski definition) is 2. The molecule has 0 aliphatic heterocycles. The minimum Gasteiger partial charge on any atom is -0.457 e. The van der Waals surface area contributed by atoms with E-state index in [4.69, 9.17) is 21.1 Å². The van der Waals surface area contributed by atoms with Gasteiger partial charge in [0.2, 0.25) is 11.8 Å². The molecule has 4 aromatic carbocycles. The molecule has 0 spiro atoms. The number of nitrogens with zero attached hydrogens (tertiary/aromatic N) is 4. The zero-order chi connectivity index (χ0) is 48.4. The first-order valence-corrected chi connectivity index (χ1v) is 24.7. The van der Waals surface area contributed by atoms with Gasteiger partial charge >= 0.3 is 0 Å². The fourth-order valence-electron chi connectivity index (χ4n) is 9.44. The van der Waals surface area contributed by atoms with E-state index < -0.39 is 15.7 Å². The predicted molar refractivity (Wildman–Crippen MR) is 264 cm³/mol. The fraction of sp³-hybridized carbons (Fsp3) is 0.500. The van der Waals surface area contributed by atoms with E-state index in [1.165, 1.54) is 61.4 Å². The van der Waals surface area contributed by atoms with Crippen LogP contribution in [0.3, 0.4) is 0 Å². The number of halogens is 2. The van der Waals surface area contributed by atoms with Crippen LogP contribution in [0.25, 0.3) is 0 Å². The Morgan fingerprint density at radius 2 is 1.07 bits per heavy atom. The van der Waals surface area contributed by atoms with E-state index in [9.17, 15) is 34.2 Å². The van der Waals surface area contributed by atoms with Crippen LogP contribution in [0.2, 0.25) is 5.02 Å². The molecule has 2 aliphatic carbocycles. The number of nitro groups is 2. The molecular formula is C52H66ClFN6O8. The summed E-state index contributed by atoms with van der Waals surface area (Å²) >= 11 is 6.36. The number of carbonyl (C=O) groups excluding carboxylic acids is 2. The summed E-state index contributed by atoms with van der Waals surface area (Å²) in [5, 5.41) is 31.7. The molecule has 2 fully saturated rings. The Balaban J connectivity index is 1.12. The van der Waals surface area contributed by atoms with Crippen molar-refractivity contribution in [3.63, 3.8) is 0 Å². The lowest BCUT2D eigenvalue weighted by atomic mass is 9.94. The summed E-state index contributed by atoms with van der Waals surface area (Å²) in [5.74, 6) is 1.21. The Hall–Kier alpha value is -5.96. The van der Waals surface area contributed by atoms with Crippen LogP contribution in [-0.4, -0.2) is 69.7 Å². The van der Waals surface area contributed by atoms with Gasteiger partial charge in [-0.2, -0.15) is 0 Å². The van der Waals surface area contributed by atoms with Gasteiger partial charge in [0.15, 0.2) is 0 Å². The smallest absolute Gasteiger partial charge is 0.292 e. The van der Waals surface area contributed by atoms with Crippen molar-refractivity contribution in [1.29, 1.82) is 0 Å². The van der Waals surface area contributed by atoms with Gasteiger partial charge in [0.1, 0.15) is 40.2 Å². The summed E-state index contributed by atoms with van der Waals surface area (Å²) in [6.07, 6.45) is 16.7. The number of unbranched alkanes of at least 4 members (excludes halogenated alkanes) is 3. The Morgan fingerprint density at radius 3 is 1.53 bits per heavy atom. The second kappa shape index (κ2) is 26.0. The maximum Gasteiger partial charge on any atom is 0.292 e. The van der Waals surface area contributed by atoms with Gasteiger partial charge in [-0.15, -0.1) is 0 Å². The summed E-state index contributed by atoms with van der Waals surface area (Å²) < 4.78 is 25.6. The number of carbonyl (C=O) groups is 2. The van der Waals surface area contributed by atoms with Crippen molar-refractivity contribution in [3.8, 4) is 23.0 Å². The molecule has 366 valence electrons. The monoisotopic (exact) mass is 956 g/mol. The number of nitro benzene ring substituents is 2. The summed E-state index contributed by atoms with van der Waals surface area (Å²) in [5.41, 5.74) is 0.314. The van der Waals surface area contributed by atoms with E-state index in [0.717, 1.165) is 77.0 Å². The number of nitrogens with one attached hydrogen (secondary N) is 2. The largest absolute Gasteiger partial charge is 0.457 e. The van der Waals surface area contributed by atoms with Gasteiger partial charge in [-0.05, 0) is 99.9 Å². The average Bonchev–Trinajstić information content (AvgIpc) is 3.34. The topological polar surface area (TPSA) is 169 Å². The molecule has 2 atom stereocenters. The number of rotatable bonds is 25. The first-order chi connectivity index (χ1) is 32.8. The predicted octanol–water partition coefficient (Wildman–Crippen LogP) is 13.6. The van der Waals surface area contributed by atoms with E-state index in [0.29, 0.717) is 60.1 Å². The molecule has 0 bridgehead atoms. The lowest BCUT2D eigenvalue weighted by Gasteiger charge is -2.32. The Bertz CT molecular complexity index is 2290. The minimum atomic E-state index is -0.452. The highest BCUT2D eigenvalue weighted by Gasteiger charge is 2.26. The van der Waals surface area contributed by atoms with Crippen LogP contribution < -0.4 is 20.1 Å². The third-order valence-electron chi connectivity index (χ3n) is 13.5. The number of amides is 2. The molecule has 2 saturated carbocycles. The van der Waals surface area contributed by atoms with Gasteiger partial charge in [0, 0.05) is 75.4 Å². The molecule has 0 heterocycles. The highest BCUT2D eigenvalue weighted by Crippen LogP contribution is 2.36. The minimum absolute atomic E-state index is 0.0507. The summed E-state index contributed by atoms with van der Waals surface area (Å²) in [4.78, 5) is 54.4. The zero-order valence-electron chi connectivity index (χ0n) is 39.3. The van der Waals surface area contributed by atoms with Crippen LogP contribution in [0.1, 0.15) is 128 Å². The third kappa shape index (κ3) is 15.5. The molecule has 16 heteroatoms. The molecule has 2 N–H and O–H groups in total. The molecule has 2 unspecified atom stereocenters. The zero-order valence-corrected chi connectivity index (χ0v) is 40.1. The van der Waals surface area contributed by atoms with Gasteiger partial charge in [-0.3, -0.25) is 29.8 Å². The highest BCUT2D eigenvalue weighted by molar-refractivity contribution is 6.32. The van der Waals surface area contributed by atoms with Gasteiger partial charge in [-0.1, -0.05) is 87.9 Å². The van der Waals surface area contributed by atoms with Crippen molar-refractivity contribution < 1.29 is 33.3 Å². The second-order valence-corrected chi connectivity index (χ2v) is 18.7. The lowest BCUT2D eigenvalue weighted by Crippen LogP contribution is -2.38. The lowest BCUT2D eigenvalue weighted by molar-refractivity contribution is -0.384. The molecular weight excluding hydrogens is 891 g/mol. The van der Waals surface area contributed by atoms with Gasteiger partial charge < -0.3 is 29.9 Å². The van der Waals surface area contributed by atoms with E-state index in [1.807, 2.05) is 23.9 Å². The first-order valence-electron chi connectivity index (χ1n) is 24.3. The van der Waals surface area contributed by atoms with Crippen LogP contribution in [0.4, 0.5) is 27.1 Å². The van der Waals surface area contributed by atoms with E-state index >= 15 is 0 Å². The number of hydrogen-bond acceptors (Lipinski definition) is 10. The molecule has 0 saturated heterocycles. The molecule has 2 aliphatic rings. The number of ether oxygens (including phenoxy) is 2. The maximum atomic E-state index is 13.6. The summed E-state index contributed by atoms with van der Waals surface area (Å²) in [6.45, 7) is 0. The number of para-hydroxylation sites is 1. The molecule has 68 heavy (non-hydrogen) atoms. The molecule has 14 nitrogen and oxygen atoms in total. The van der Waals surface area contributed by atoms with E-state index in [2.05, 4.69) is 10.6 Å². The van der Waals surface area contributed by atoms with Crippen molar-refractivity contribution in [2.24, 2.45) is 0 Å². The van der Waals surface area contributed by atoms with Crippen LogP contribution in [-0.2, 0) is 9.59 Å². The molecule has 6 rings (SSSR count). The van der Waals surface area contributed by atoms with Crippen LogP contribution in [0.15, 0.2) is 84.9 Å². The van der Waals surface area contributed by atoms with Gasteiger partial charge in [0.05, 0.1) is 14.9 Å². The van der Waals surface area contributed by atoms with Crippen LogP contribution in [0, 0.1) is 26.0 Å². The summed E-state index contributed by atoms with van der Waals surface area (Å²) in [6, 6.07) is 21.4. The first kappa shape index (κ1) is 51.4. The number of benzene rings is 4. The molecule has 0 radical (unpaired) electrons. The van der Waals surface area contributed by atoms with Gasteiger partial charge in [-0.25, -0.2) is 4.39 Å². The van der Waals surface area contributed by atoms with Crippen molar-refractivity contribution in [2.45, 2.75) is 153 Å². The van der Waals surface area contributed by atoms with Gasteiger partial charge in [0.25, 0.3) is 11.4 Å². The van der Waals surface area contributed by atoms with E-state index in [1.54, 1.807) is 36.4 Å². The fourth-order valence-corrected chi connectivity index (χ4v) is 9.62. The van der Waals surface area contributed by atoms with Crippen molar-refractivity contribution in [3.05, 3.63) is 116 Å². The van der Waals surface area contributed by atoms with Crippen LogP contribution >= 0.6 is 11.6 Å².